The van der Waals surface area contributed by atoms with Crippen LogP contribution in [0.1, 0.15) is 37.8 Å². The number of anilines is 1. The molecule has 0 saturated heterocycles. The highest BCUT2D eigenvalue weighted by molar-refractivity contribution is 8.00. The lowest BCUT2D eigenvalue weighted by molar-refractivity contribution is -0.115. The highest BCUT2D eigenvalue weighted by Gasteiger charge is 2.20. The topological polar surface area (TPSA) is 72.7 Å². The molecule has 27 heavy (non-hydrogen) atoms. The Kier molecular flexibility index (Phi) is 5.91. The Morgan fingerprint density at radius 2 is 1.78 bits per heavy atom. The molecule has 1 unspecified atom stereocenters. The molecule has 0 aliphatic carbocycles. The van der Waals surface area contributed by atoms with E-state index in [-0.39, 0.29) is 11.2 Å². The van der Waals surface area contributed by atoms with Crippen molar-refractivity contribution in [3.05, 3.63) is 59.7 Å². The summed E-state index contributed by atoms with van der Waals surface area (Å²) < 4.78 is 1.65. The number of thioether (sulfide) groups is 1. The summed E-state index contributed by atoms with van der Waals surface area (Å²) in [5.74, 6) is 0.254. The zero-order chi connectivity index (χ0) is 19.4. The third kappa shape index (κ3) is 4.54. The van der Waals surface area contributed by atoms with Crippen molar-refractivity contribution < 1.29 is 4.79 Å². The van der Waals surface area contributed by atoms with Crippen molar-refractivity contribution >= 4 is 23.4 Å². The van der Waals surface area contributed by atoms with Gasteiger partial charge in [0.2, 0.25) is 11.1 Å². The monoisotopic (exact) mass is 381 g/mol. The lowest BCUT2D eigenvalue weighted by Gasteiger charge is -2.16. The van der Waals surface area contributed by atoms with Crippen molar-refractivity contribution in [1.82, 2.24) is 20.2 Å². The third-order valence-electron chi connectivity index (χ3n) is 4.21. The molecule has 0 saturated carbocycles. The molecule has 1 aromatic heterocycles. The van der Waals surface area contributed by atoms with Gasteiger partial charge in [0, 0.05) is 5.69 Å². The molecule has 1 amide bonds. The normalized spacial score (nSPS) is 12.2. The molecule has 3 rings (SSSR count). The minimum absolute atomic E-state index is 0.0773. The Hall–Kier alpha value is -2.67. The Bertz CT molecular complexity index is 920. The molecule has 140 valence electrons. The zero-order valence-corrected chi connectivity index (χ0v) is 16.7. The Morgan fingerprint density at radius 3 is 2.48 bits per heavy atom. The van der Waals surface area contributed by atoms with Gasteiger partial charge < -0.3 is 5.32 Å². The van der Waals surface area contributed by atoms with Gasteiger partial charge in [-0.3, -0.25) is 4.79 Å². The van der Waals surface area contributed by atoms with Crippen LogP contribution >= 0.6 is 11.8 Å². The molecule has 3 aromatic rings. The van der Waals surface area contributed by atoms with E-state index in [1.165, 1.54) is 11.8 Å². The standard InChI is InChI=1S/C20H23N5OS/c1-13(2)17-7-5-6-8-18(17)21-19(26)15(4)27-20-22-23-24-25(20)16-11-9-14(3)10-12-16/h5-13,15H,1-4H3,(H,21,26). The van der Waals surface area contributed by atoms with Crippen LogP contribution in [0.4, 0.5) is 5.69 Å². The Balaban J connectivity index is 1.73. The van der Waals surface area contributed by atoms with E-state index in [4.69, 9.17) is 0 Å². The van der Waals surface area contributed by atoms with E-state index >= 15 is 0 Å². The maximum Gasteiger partial charge on any atom is 0.237 e. The number of tetrazole rings is 1. The maximum atomic E-state index is 12.7. The first-order chi connectivity index (χ1) is 13.0. The number of aryl methyl sites for hydroxylation is 1. The van der Waals surface area contributed by atoms with Crippen LogP contribution in [0.15, 0.2) is 53.7 Å². The van der Waals surface area contributed by atoms with E-state index in [2.05, 4.69) is 34.7 Å². The SMILES string of the molecule is Cc1ccc(-n2nnnc2SC(C)C(=O)Nc2ccccc2C(C)C)cc1. The van der Waals surface area contributed by atoms with Crippen LogP contribution in [-0.2, 0) is 4.79 Å². The molecule has 0 aliphatic rings. The molecule has 0 bridgehead atoms. The molecule has 0 aliphatic heterocycles. The first-order valence-electron chi connectivity index (χ1n) is 8.87. The van der Waals surface area contributed by atoms with Crippen LogP contribution in [0, 0.1) is 6.92 Å². The van der Waals surface area contributed by atoms with E-state index in [1.807, 2.05) is 62.4 Å². The molecule has 0 spiro atoms. The van der Waals surface area contributed by atoms with Crippen LogP contribution in [0.2, 0.25) is 0 Å². The number of carbonyl (C=O) groups excluding carboxylic acids is 1. The number of rotatable bonds is 6. The van der Waals surface area contributed by atoms with Gasteiger partial charge in [0.15, 0.2) is 0 Å². The molecule has 0 fully saturated rings. The Labute approximate surface area is 163 Å². The number of aromatic nitrogens is 4. The summed E-state index contributed by atoms with van der Waals surface area (Å²) in [6.45, 7) is 8.10. The summed E-state index contributed by atoms with van der Waals surface area (Å²) in [6, 6.07) is 15.8. The second kappa shape index (κ2) is 8.35. The van der Waals surface area contributed by atoms with Gasteiger partial charge in [-0.05, 0) is 54.0 Å². The van der Waals surface area contributed by atoms with Crippen LogP contribution in [0.5, 0.6) is 0 Å². The molecular weight excluding hydrogens is 358 g/mol. The van der Waals surface area contributed by atoms with Gasteiger partial charge in [0.05, 0.1) is 10.9 Å². The largest absolute Gasteiger partial charge is 0.325 e. The molecular formula is C20H23N5OS. The van der Waals surface area contributed by atoms with Crippen LogP contribution in [-0.4, -0.2) is 31.4 Å². The number of hydrogen-bond acceptors (Lipinski definition) is 5. The Morgan fingerprint density at radius 1 is 1.07 bits per heavy atom. The summed E-state index contributed by atoms with van der Waals surface area (Å²) in [4.78, 5) is 12.7. The third-order valence-corrected chi connectivity index (χ3v) is 5.24. The highest BCUT2D eigenvalue weighted by Crippen LogP contribution is 2.27. The summed E-state index contributed by atoms with van der Waals surface area (Å²) in [5.41, 5.74) is 4.00. The molecule has 1 atom stereocenters. The van der Waals surface area contributed by atoms with E-state index in [0.29, 0.717) is 11.1 Å². The minimum Gasteiger partial charge on any atom is -0.325 e. The van der Waals surface area contributed by atoms with Crippen LogP contribution in [0.3, 0.4) is 0 Å². The van der Waals surface area contributed by atoms with Gasteiger partial charge in [-0.1, -0.05) is 61.5 Å². The van der Waals surface area contributed by atoms with E-state index in [0.717, 1.165) is 22.5 Å². The number of carbonyl (C=O) groups is 1. The fourth-order valence-electron chi connectivity index (χ4n) is 2.66. The summed E-state index contributed by atoms with van der Waals surface area (Å²) in [7, 11) is 0. The van der Waals surface area contributed by atoms with Crippen LogP contribution in [0.25, 0.3) is 5.69 Å². The van der Waals surface area contributed by atoms with Gasteiger partial charge in [0.1, 0.15) is 0 Å². The van der Waals surface area contributed by atoms with Gasteiger partial charge in [-0.25, -0.2) is 0 Å². The number of para-hydroxylation sites is 1. The molecule has 1 N–H and O–H groups in total. The predicted octanol–water partition coefficient (Wildman–Crippen LogP) is 4.21. The molecule has 7 heteroatoms. The van der Waals surface area contributed by atoms with Gasteiger partial charge in [-0.2, -0.15) is 4.68 Å². The van der Waals surface area contributed by atoms with Crippen molar-refractivity contribution in [3.8, 4) is 5.69 Å². The van der Waals surface area contributed by atoms with E-state index in [9.17, 15) is 4.79 Å². The van der Waals surface area contributed by atoms with Crippen LogP contribution < -0.4 is 5.32 Å². The number of amides is 1. The van der Waals surface area contributed by atoms with Crippen molar-refractivity contribution in [2.75, 3.05) is 5.32 Å². The maximum absolute atomic E-state index is 12.7. The number of nitrogens with one attached hydrogen (secondary N) is 1. The average molecular weight is 382 g/mol. The summed E-state index contributed by atoms with van der Waals surface area (Å²) in [5, 5.41) is 15.2. The lowest BCUT2D eigenvalue weighted by Crippen LogP contribution is -2.23. The second-order valence-corrected chi connectivity index (χ2v) is 8.01. The van der Waals surface area contributed by atoms with Gasteiger partial charge >= 0.3 is 0 Å². The first kappa shape index (κ1) is 19.1. The number of nitrogens with zero attached hydrogens (tertiary/aromatic N) is 4. The molecule has 0 radical (unpaired) electrons. The quantitative estimate of drug-likeness (QED) is 0.648. The summed E-state index contributed by atoms with van der Waals surface area (Å²) in [6.07, 6.45) is 0. The fourth-order valence-corrected chi connectivity index (χ4v) is 3.47. The van der Waals surface area contributed by atoms with Gasteiger partial charge in [-0.15, -0.1) is 5.10 Å². The van der Waals surface area contributed by atoms with E-state index in [1.54, 1.807) is 4.68 Å². The fraction of sp³-hybridized carbons (Fsp3) is 0.300. The first-order valence-corrected chi connectivity index (χ1v) is 9.75. The summed E-state index contributed by atoms with van der Waals surface area (Å²) >= 11 is 1.33. The van der Waals surface area contributed by atoms with Crippen molar-refractivity contribution in [1.29, 1.82) is 0 Å². The van der Waals surface area contributed by atoms with Crippen molar-refractivity contribution in [2.45, 2.75) is 44.0 Å². The predicted molar refractivity (Wildman–Crippen MR) is 108 cm³/mol. The van der Waals surface area contributed by atoms with Crippen molar-refractivity contribution in [2.24, 2.45) is 0 Å². The van der Waals surface area contributed by atoms with E-state index < -0.39 is 0 Å². The zero-order valence-electron chi connectivity index (χ0n) is 15.9. The van der Waals surface area contributed by atoms with Gasteiger partial charge in [0.25, 0.3) is 0 Å². The highest BCUT2D eigenvalue weighted by atomic mass is 32.2. The minimum atomic E-state index is -0.347. The number of hydrogen-bond donors (Lipinski definition) is 1. The lowest BCUT2D eigenvalue weighted by atomic mass is 10.0. The average Bonchev–Trinajstić information content (AvgIpc) is 3.10. The van der Waals surface area contributed by atoms with Crippen molar-refractivity contribution in [3.63, 3.8) is 0 Å². The molecule has 6 nitrogen and oxygen atoms in total. The molecule has 2 aromatic carbocycles. The molecule has 1 heterocycles. The smallest absolute Gasteiger partial charge is 0.237 e. The number of benzene rings is 2. The second-order valence-electron chi connectivity index (χ2n) is 6.70.